The van der Waals surface area contributed by atoms with E-state index in [1.54, 1.807) is 30.3 Å². The van der Waals surface area contributed by atoms with Crippen LogP contribution in [0.3, 0.4) is 0 Å². The highest BCUT2D eigenvalue weighted by Crippen LogP contribution is 2.39. The van der Waals surface area contributed by atoms with Crippen LogP contribution in [0.25, 0.3) is 0 Å². The second kappa shape index (κ2) is 9.47. The molecular weight excluding hydrogens is 444 g/mol. The Labute approximate surface area is 201 Å². The Bertz CT molecular complexity index is 1290. The normalized spacial score (nSPS) is 15.1. The quantitative estimate of drug-likeness (QED) is 0.348. The van der Waals surface area contributed by atoms with E-state index in [2.05, 4.69) is 6.92 Å². The van der Waals surface area contributed by atoms with E-state index in [0.717, 1.165) is 37.1 Å². The summed E-state index contributed by atoms with van der Waals surface area (Å²) in [5, 5.41) is 0.000107. The lowest BCUT2D eigenvalue weighted by molar-refractivity contribution is 0.405. The number of piperidine rings is 1. The van der Waals surface area contributed by atoms with Gasteiger partial charge in [0.25, 0.3) is 0 Å². The van der Waals surface area contributed by atoms with Crippen molar-refractivity contribution in [2.45, 2.75) is 35.6 Å². The van der Waals surface area contributed by atoms with Crippen molar-refractivity contribution in [2.75, 3.05) is 18.0 Å². The van der Waals surface area contributed by atoms with Crippen LogP contribution < -0.4 is 4.90 Å². The first-order chi connectivity index (χ1) is 16.5. The van der Waals surface area contributed by atoms with Gasteiger partial charge in [-0.05, 0) is 42.0 Å². The van der Waals surface area contributed by atoms with Crippen molar-refractivity contribution >= 4 is 15.7 Å². The molecule has 2 heterocycles. The average Bonchev–Trinajstić information content (AvgIpc) is 3.32. The van der Waals surface area contributed by atoms with Crippen LogP contribution in [0.2, 0.25) is 0 Å². The smallest absolute Gasteiger partial charge is 0.236 e. The first-order valence-electron chi connectivity index (χ1n) is 11.7. The van der Waals surface area contributed by atoms with Gasteiger partial charge < -0.3 is 9.32 Å². The van der Waals surface area contributed by atoms with Crippen molar-refractivity contribution in [3.8, 4) is 0 Å². The summed E-state index contributed by atoms with van der Waals surface area (Å²) in [5.74, 6) is 1.03. The Morgan fingerprint density at radius 3 is 1.85 bits per heavy atom. The molecule has 0 spiro atoms. The van der Waals surface area contributed by atoms with Gasteiger partial charge in [0.1, 0.15) is 0 Å². The van der Waals surface area contributed by atoms with E-state index < -0.39 is 9.84 Å². The van der Waals surface area contributed by atoms with Crippen molar-refractivity contribution in [3.05, 3.63) is 108 Å². The molecule has 0 N–H and O–H groups in total. The molecule has 4 aromatic rings. The zero-order chi connectivity index (χ0) is 23.5. The fraction of sp³-hybridized carbons (Fsp3) is 0.250. The van der Waals surface area contributed by atoms with Crippen molar-refractivity contribution in [2.24, 2.45) is 5.92 Å². The predicted octanol–water partition coefficient (Wildman–Crippen LogP) is 5.92. The third-order valence-corrected chi connectivity index (χ3v) is 8.16. The maximum absolute atomic E-state index is 13.7. The molecule has 1 saturated heterocycles. The summed E-state index contributed by atoms with van der Waals surface area (Å²) in [6.07, 6.45) is 1.98. The topological polar surface area (TPSA) is 63.4 Å². The number of hydrogen-bond acceptors (Lipinski definition) is 5. The van der Waals surface area contributed by atoms with Gasteiger partial charge in [0.2, 0.25) is 26.6 Å². The fourth-order valence-electron chi connectivity index (χ4n) is 4.50. The molecule has 0 unspecified atom stereocenters. The molecular formula is C28H28N2O3S. The minimum Gasteiger partial charge on any atom is -0.423 e. The SMILES string of the molecule is CC1CCN(c2oc(C(c3ccccc3)c3ccccc3)nc2S(=O)(=O)c2ccccc2)CC1. The minimum atomic E-state index is -3.86. The van der Waals surface area contributed by atoms with Crippen LogP contribution in [-0.2, 0) is 9.84 Å². The maximum atomic E-state index is 13.7. The predicted molar refractivity (Wildman–Crippen MR) is 133 cm³/mol. The van der Waals surface area contributed by atoms with E-state index in [0.29, 0.717) is 17.7 Å². The molecule has 0 bridgehead atoms. The molecule has 174 valence electrons. The van der Waals surface area contributed by atoms with Gasteiger partial charge in [0.15, 0.2) is 0 Å². The van der Waals surface area contributed by atoms with Crippen LogP contribution >= 0.6 is 0 Å². The molecule has 6 heteroatoms. The molecule has 5 nitrogen and oxygen atoms in total. The lowest BCUT2D eigenvalue weighted by Gasteiger charge is -2.30. The molecule has 0 amide bonds. The van der Waals surface area contributed by atoms with Crippen LogP contribution in [0.15, 0.2) is 105 Å². The number of aromatic nitrogens is 1. The summed E-state index contributed by atoms with van der Waals surface area (Å²) in [6.45, 7) is 3.72. The molecule has 5 rings (SSSR count). The zero-order valence-corrected chi connectivity index (χ0v) is 20.0. The zero-order valence-electron chi connectivity index (χ0n) is 19.2. The summed E-state index contributed by atoms with van der Waals surface area (Å²) < 4.78 is 33.8. The van der Waals surface area contributed by atoms with Crippen LogP contribution in [0.4, 0.5) is 5.88 Å². The molecule has 0 radical (unpaired) electrons. The number of hydrogen-bond donors (Lipinski definition) is 0. The molecule has 0 saturated carbocycles. The molecule has 0 aliphatic carbocycles. The molecule has 1 fully saturated rings. The van der Waals surface area contributed by atoms with Crippen molar-refractivity contribution in [1.29, 1.82) is 0 Å². The van der Waals surface area contributed by atoms with E-state index in [4.69, 9.17) is 9.40 Å². The van der Waals surface area contributed by atoms with Crippen LogP contribution in [0.1, 0.15) is 42.7 Å². The van der Waals surface area contributed by atoms with Crippen molar-refractivity contribution in [1.82, 2.24) is 4.98 Å². The minimum absolute atomic E-state index is 0.000107. The number of benzene rings is 3. The van der Waals surface area contributed by atoms with Gasteiger partial charge in [-0.1, -0.05) is 85.8 Å². The van der Waals surface area contributed by atoms with E-state index in [1.807, 2.05) is 65.6 Å². The average molecular weight is 473 g/mol. The Morgan fingerprint density at radius 2 is 1.32 bits per heavy atom. The van der Waals surface area contributed by atoms with Gasteiger partial charge in [-0.3, -0.25) is 0 Å². The molecule has 3 aromatic carbocycles. The third kappa shape index (κ3) is 4.38. The summed E-state index contributed by atoms with van der Waals surface area (Å²) >= 11 is 0. The second-order valence-corrected chi connectivity index (χ2v) is 10.8. The van der Waals surface area contributed by atoms with E-state index in [1.165, 1.54) is 0 Å². The van der Waals surface area contributed by atoms with Gasteiger partial charge in [-0.15, -0.1) is 0 Å². The number of nitrogens with zero attached hydrogens (tertiary/aromatic N) is 2. The van der Waals surface area contributed by atoms with Gasteiger partial charge >= 0.3 is 0 Å². The number of sulfone groups is 1. The first-order valence-corrected chi connectivity index (χ1v) is 13.2. The Morgan fingerprint density at radius 1 is 0.824 bits per heavy atom. The maximum Gasteiger partial charge on any atom is 0.236 e. The Balaban J connectivity index is 1.68. The monoisotopic (exact) mass is 472 g/mol. The molecule has 0 atom stereocenters. The lowest BCUT2D eigenvalue weighted by atomic mass is 9.91. The van der Waals surface area contributed by atoms with E-state index in [9.17, 15) is 8.42 Å². The van der Waals surface area contributed by atoms with Gasteiger partial charge in [-0.25, -0.2) is 8.42 Å². The van der Waals surface area contributed by atoms with Crippen LogP contribution in [-0.4, -0.2) is 26.5 Å². The Hall–Kier alpha value is -3.38. The number of rotatable bonds is 6. The fourth-order valence-corrected chi connectivity index (χ4v) is 5.85. The van der Waals surface area contributed by atoms with Crippen LogP contribution in [0.5, 0.6) is 0 Å². The lowest BCUT2D eigenvalue weighted by Crippen LogP contribution is -2.33. The summed E-state index contributed by atoms with van der Waals surface area (Å²) in [6, 6.07) is 28.4. The van der Waals surface area contributed by atoms with E-state index >= 15 is 0 Å². The standard InChI is InChI=1S/C28H28N2O3S/c1-21-17-19-30(20-18-21)28-27(34(31,32)24-15-9-4-10-16-24)29-26(33-28)25(22-11-5-2-6-12-22)23-13-7-3-8-14-23/h2-16,21,25H,17-20H2,1H3. The number of anilines is 1. The molecule has 1 aliphatic heterocycles. The van der Waals surface area contributed by atoms with Gasteiger partial charge in [0, 0.05) is 13.1 Å². The van der Waals surface area contributed by atoms with Crippen molar-refractivity contribution < 1.29 is 12.8 Å². The first kappa shape index (κ1) is 22.4. The molecule has 1 aliphatic rings. The van der Waals surface area contributed by atoms with Crippen molar-refractivity contribution in [3.63, 3.8) is 0 Å². The highest BCUT2D eigenvalue weighted by molar-refractivity contribution is 7.91. The molecule has 34 heavy (non-hydrogen) atoms. The third-order valence-electron chi connectivity index (χ3n) is 6.49. The number of oxazole rings is 1. The summed E-state index contributed by atoms with van der Waals surface area (Å²) in [5.41, 5.74) is 2.00. The highest BCUT2D eigenvalue weighted by atomic mass is 32.2. The molecule has 1 aromatic heterocycles. The van der Waals surface area contributed by atoms with Crippen LogP contribution in [0, 0.1) is 5.92 Å². The van der Waals surface area contributed by atoms with Gasteiger partial charge in [-0.2, -0.15) is 4.98 Å². The summed E-state index contributed by atoms with van der Waals surface area (Å²) in [7, 11) is -3.86. The Kier molecular flexibility index (Phi) is 6.24. The highest BCUT2D eigenvalue weighted by Gasteiger charge is 2.34. The summed E-state index contributed by atoms with van der Waals surface area (Å²) in [4.78, 5) is 6.97. The van der Waals surface area contributed by atoms with E-state index in [-0.39, 0.29) is 15.8 Å². The largest absolute Gasteiger partial charge is 0.423 e. The van der Waals surface area contributed by atoms with Gasteiger partial charge in [0.05, 0.1) is 10.8 Å². The second-order valence-electron chi connectivity index (χ2n) is 8.90.